The summed E-state index contributed by atoms with van der Waals surface area (Å²) < 4.78 is 0. The molecular formula is C5H9NaO2. The van der Waals surface area contributed by atoms with Gasteiger partial charge in [0.1, 0.15) is 0 Å². The largest absolute Gasteiger partial charge is 1.00 e. The molecule has 0 aromatic carbocycles. The van der Waals surface area contributed by atoms with Gasteiger partial charge in [-0.3, -0.25) is 0 Å². The first-order valence-corrected chi connectivity index (χ1v) is 1.53. The number of rotatable bonds is 1. The predicted octanol–water partition coefficient (Wildman–Crippen LogP) is -1.90. The Morgan fingerprint density at radius 2 is 1.75 bits per heavy atom. The summed E-state index contributed by atoms with van der Waals surface area (Å²) in [4.78, 5) is 9.60. The topological polar surface area (TPSA) is 37.3 Å². The van der Waals surface area contributed by atoms with E-state index in [4.69, 9.17) is 5.11 Å². The van der Waals surface area contributed by atoms with Crippen LogP contribution in [0.5, 0.6) is 0 Å². The van der Waals surface area contributed by atoms with E-state index in [0.717, 1.165) is 0 Å². The number of aliphatic carboxylic acids is 1. The molecule has 8 heavy (non-hydrogen) atoms. The van der Waals surface area contributed by atoms with Gasteiger partial charge in [-0.05, 0) is 6.92 Å². The molecule has 42 valence electrons. The van der Waals surface area contributed by atoms with Gasteiger partial charge in [-0.1, -0.05) is 6.58 Å². The van der Waals surface area contributed by atoms with E-state index in [1.165, 1.54) is 6.92 Å². The molecule has 2 nitrogen and oxygen atoms in total. The van der Waals surface area contributed by atoms with Crippen LogP contribution in [0.3, 0.4) is 0 Å². The molecule has 0 aliphatic rings. The van der Waals surface area contributed by atoms with Gasteiger partial charge in [-0.25, -0.2) is 4.79 Å². The van der Waals surface area contributed by atoms with Crippen LogP contribution >= 0.6 is 0 Å². The van der Waals surface area contributed by atoms with Crippen molar-refractivity contribution >= 4 is 5.97 Å². The summed E-state index contributed by atoms with van der Waals surface area (Å²) in [6.07, 6.45) is 0. The Hall–Kier alpha value is 0.210. The summed E-state index contributed by atoms with van der Waals surface area (Å²) in [6.45, 7) is 4.60. The predicted molar refractivity (Wildman–Crippen MR) is 28.9 cm³/mol. The van der Waals surface area contributed by atoms with E-state index in [1.807, 2.05) is 0 Å². The third-order valence-electron chi connectivity index (χ3n) is 0.365. The molecule has 0 amide bonds. The molecule has 0 heterocycles. The Morgan fingerprint density at radius 1 is 1.62 bits per heavy atom. The van der Waals surface area contributed by atoms with Gasteiger partial charge in [-0.2, -0.15) is 0 Å². The molecule has 3 heteroatoms. The monoisotopic (exact) mass is 124 g/mol. The summed E-state index contributed by atoms with van der Waals surface area (Å²) in [5, 5.41) is 7.89. The van der Waals surface area contributed by atoms with Crippen LogP contribution in [0, 0.1) is 7.43 Å². The van der Waals surface area contributed by atoms with Crippen LogP contribution in [-0.2, 0) is 4.79 Å². The molecule has 0 aromatic rings. The van der Waals surface area contributed by atoms with Gasteiger partial charge >= 0.3 is 35.5 Å². The fourth-order valence-electron chi connectivity index (χ4n) is 0. The number of carboxylic acid groups (broad SMARTS) is 1. The van der Waals surface area contributed by atoms with E-state index in [-0.39, 0.29) is 42.6 Å². The fraction of sp³-hybridized carbons (Fsp3) is 0.200. The number of carboxylic acids is 1. The summed E-state index contributed by atoms with van der Waals surface area (Å²) in [7, 11) is 0. The zero-order valence-electron chi connectivity index (χ0n) is 5.56. The molecule has 0 unspecified atom stereocenters. The van der Waals surface area contributed by atoms with Crippen molar-refractivity contribution in [1.82, 2.24) is 0 Å². The van der Waals surface area contributed by atoms with Crippen LogP contribution in [0.25, 0.3) is 0 Å². The van der Waals surface area contributed by atoms with Crippen molar-refractivity contribution in [3.05, 3.63) is 19.6 Å². The van der Waals surface area contributed by atoms with Gasteiger partial charge in [-0.15, -0.1) is 0 Å². The molecule has 0 aliphatic heterocycles. The third-order valence-corrected chi connectivity index (χ3v) is 0.365. The minimum Gasteiger partial charge on any atom is -0.478 e. The molecule has 1 N–H and O–H groups in total. The molecule has 0 aromatic heterocycles. The van der Waals surface area contributed by atoms with E-state index in [1.54, 1.807) is 0 Å². The van der Waals surface area contributed by atoms with Crippen molar-refractivity contribution in [2.45, 2.75) is 6.92 Å². The maximum Gasteiger partial charge on any atom is 1.00 e. The second-order valence-electron chi connectivity index (χ2n) is 1.09. The quantitative estimate of drug-likeness (QED) is 0.252. The summed E-state index contributed by atoms with van der Waals surface area (Å²) in [6, 6.07) is 0. The number of hydrogen-bond acceptors (Lipinski definition) is 1. The van der Waals surface area contributed by atoms with Crippen molar-refractivity contribution in [1.29, 1.82) is 0 Å². The van der Waals surface area contributed by atoms with Crippen LogP contribution in [-0.4, -0.2) is 11.1 Å². The van der Waals surface area contributed by atoms with Gasteiger partial charge in [0.2, 0.25) is 0 Å². The Morgan fingerprint density at radius 3 is 1.75 bits per heavy atom. The summed E-state index contributed by atoms with van der Waals surface area (Å²) in [5.74, 6) is -0.935. The third kappa shape index (κ3) is 9.51. The van der Waals surface area contributed by atoms with Crippen LogP contribution < -0.4 is 29.6 Å². The molecule has 0 fully saturated rings. The number of hydrogen-bond donors (Lipinski definition) is 1. The van der Waals surface area contributed by atoms with E-state index < -0.39 is 5.97 Å². The Kier molecular flexibility index (Phi) is 14.2. The van der Waals surface area contributed by atoms with Gasteiger partial charge in [0.05, 0.1) is 0 Å². The fourth-order valence-corrected chi connectivity index (χ4v) is 0. The van der Waals surface area contributed by atoms with Gasteiger partial charge in [0, 0.05) is 5.57 Å². The van der Waals surface area contributed by atoms with E-state index in [2.05, 4.69) is 6.58 Å². The maximum absolute atomic E-state index is 9.60. The van der Waals surface area contributed by atoms with Crippen molar-refractivity contribution in [3.8, 4) is 0 Å². The molecule has 0 aliphatic carbocycles. The molecule has 0 rings (SSSR count). The van der Waals surface area contributed by atoms with Crippen LogP contribution in [0.1, 0.15) is 6.92 Å². The number of carbonyl (C=O) groups is 1. The van der Waals surface area contributed by atoms with Crippen LogP contribution in [0.2, 0.25) is 0 Å². The molecule has 0 bridgehead atoms. The van der Waals surface area contributed by atoms with Gasteiger partial charge < -0.3 is 12.5 Å². The average molecular weight is 124 g/mol. The van der Waals surface area contributed by atoms with E-state index in [9.17, 15) is 4.79 Å². The Labute approximate surface area is 71.9 Å². The second kappa shape index (κ2) is 7.21. The minimum absolute atomic E-state index is 0. The maximum atomic E-state index is 9.60. The first kappa shape index (κ1) is 15.7. The zero-order valence-corrected chi connectivity index (χ0v) is 7.56. The van der Waals surface area contributed by atoms with Crippen molar-refractivity contribution < 1.29 is 39.5 Å². The first-order chi connectivity index (χ1) is 2.64. The van der Waals surface area contributed by atoms with Gasteiger partial charge in [0.15, 0.2) is 0 Å². The molecule has 0 radical (unpaired) electrons. The molecule has 0 spiro atoms. The zero-order chi connectivity index (χ0) is 5.15. The molecular weight excluding hydrogens is 115 g/mol. The Balaban J connectivity index is -0.000000125. The van der Waals surface area contributed by atoms with Crippen molar-refractivity contribution in [2.24, 2.45) is 0 Å². The summed E-state index contributed by atoms with van der Waals surface area (Å²) >= 11 is 0. The molecule has 0 saturated heterocycles. The van der Waals surface area contributed by atoms with Crippen LogP contribution in [0.15, 0.2) is 12.2 Å². The molecule has 0 atom stereocenters. The van der Waals surface area contributed by atoms with E-state index >= 15 is 0 Å². The normalized spacial score (nSPS) is 5.62. The Bertz CT molecular complexity index is 76.4. The smallest absolute Gasteiger partial charge is 0.478 e. The second-order valence-corrected chi connectivity index (χ2v) is 1.09. The standard InChI is InChI=1S/C4H6O2.CH3.Na/c1-3(2)4(5)6;;/h1H2,2H3,(H,5,6);1H3;/q;-1;+1. The average Bonchev–Trinajstić information content (AvgIpc) is 1.36. The first-order valence-electron chi connectivity index (χ1n) is 1.53. The summed E-state index contributed by atoms with van der Waals surface area (Å²) in [5.41, 5.74) is 0.176. The van der Waals surface area contributed by atoms with Gasteiger partial charge in [0.25, 0.3) is 0 Å². The SMILES string of the molecule is C=C(C)C(=O)O.[CH3-].[Na+]. The van der Waals surface area contributed by atoms with Crippen LogP contribution in [0.4, 0.5) is 0 Å². The molecule has 0 saturated carbocycles. The van der Waals surface area contributed by atoms with Crippen molar-refractivity contribution in [2.75, 3.05) is 0 Å². The van der Waals surface area contributed by atoms with E-state index in [0.29, 0.717) is 0 Å². The minimum atomic E-state index is -0.935. The van der Waals surface area contributed by atoms with Crippen molar-refractivity contribution in [3.63, 3.8) is 0 Å².